The lowest BCUT2D eigenvalue weighted by Gasteiger charge is -2.29. The average molecular weight is 341 g/mol. The van der Waals surface area contributed by atoms with Crippen molar-refractivity contribution in [2.45, 2.75) is 25.4 Å². The number of likely N-dealkylation sites (tertiary alicyclic amines) is 1. The van der Waals surface area contributed by atoms with Gasteiger partial charge in [0.05, 0.1) is 6.10 Å². The smallest absolute Gasteiger partial charge is 0.313 e. The molecule has 0 aliphatic carbocycles. The van der Waals surface area contributed by atoms with Crippen molar-refractivity contribution < 1.29 is 23.5 Å². The summed E-state index contributed by atoms with van der Waals surface area (Å²) < 4.78 is 25.8. The van der Waals surface area contributed by atoms with Crippen LogP contribution in [-0.4, -0.2) is 54.1 Å². The molecule has 24 heavy (non-hydrogen) atoms. The van der Waals surface area contributed by atoms with E-state index in [9.17, 15) is 23.5 Å². The van der Waals surface area contributed by atoms with E-state index < -0.39 is 23.4 Å². The fourth-order valence-corrected chi connectivity index (χ4v) is 2.49. The molecule has 0 unspecified atom stereocenters. The third kappa shape index (κ3) is 5.54. The van der Waals surface area contributed by atoms with Crippen LogP contribution in [0.2, 0.25) is 0 Å². The molecule has 132 valence electrons. The summed E-state index contributed by atoms with van der Waals surface area (Å²) >= 11 is 0. The van der Waals surface area contributed by atoms with Gasteiger partial charge in [0.2, 0.25) is 0 Å². The van der Waals surface area contributed by atoms with Crippen molar-refractivity contribution in [3.8, 4) is 0 Å². The van der Waals surface area contributed by atoms with Crippen LogP contribution in [0.5, 0.6) is 0 Å². The van der Waals surface area contributed by atoms with E-state index in [0.29, 0.717) is 13.0 Å². The van der Waals surface area contributed by atoms with E-state index in [1.807, 2.05) is 0 Å². The highest BCUT2D eigenvalue weighted by Gasteiger charge is 2.17. The Morgan fingerprint density at radius 3 is 2.54 bits per heavy atom. The highest BCUT2D eigenvalue weighted by molar-refractivity contribution is 6.39. The lowest BCUT2D eigenvalue weighted by molar-refractivity contribution is -0.136. The molecule has 1 aliphatic heterocycles. The maximum atomic E-state index is 13.0. The first-order valence-electron chi connectivity index (χ1n) is 7.90. The Hall–Kier alpha value is -2.06. The van der Waals surface area contributed by atoms with Gasteiger partial charge in [-0.15, -0.1) is 0 Å². The van der Waals surface area contributed by atoms with E-state index >= 15 is 0 Å². The first kappa shape index (κ1) is 18.3. The van der Waals surface area contributed by atoms with Crippen molar-refractivity contribution in [1.29, 1.82) is 0 Å². The van der Waals surface area contributed by atoms with Crippen molar-refractivity contribution in [3.63, 3.8) is 0 Å². The zero-order valence-corrected chi connectivity index (χ0v) is 13.2. The molecule has 0 aromatic heterocycles. The summed E-state index contributed by atoms with van der Waals surface area (Å²) in [4.78, 5) is 25.5. The van der Waals surface area contributed by atoms with Crippen LogP contribution in [0, 0.1) is 11.6 Å². The van der Waals surface area contributed by atoms with Crippen molar-refractivity contribution in [1.82, 2.24) is 10.2 Å². The van der Waals surface area contributed by atoms with E-state index in [1.165, 1.54) is 6.07 Å². The van der Waals surface area contributed by atoms with Gasteiger partial charge in [-0.2, -0.15) is 0 Å². The molecule has 0 atom stereocenters. The van der Waals surface area contributed by atoms with Gasteiger partial charge in [-0.1, -0.05) is 0 Å². The molecule has 3 N–H and O–H groups in total. The summed E-state index contributed by atoms with van der Waals surface area (Å²) in [6.45, 7) is 2.76. The lowest BCUT2D eigenvalue weighted by atomic mass is 10.1. The molecule has 0 spiro atoms. The molecule has 1 aliphatic rings. The van der Waals surface area contributed by atoms with Crippen molar-refractivity contribution in [2.75, 3.05) is 31.5 Å². The topological polar surface area (TPSA) is 81.7 Å². The number of halogens is 2. The van der Waals surface area contributed by atoms with Crippen LogP contribution < -0.4 is 10.6 Å². The summed E-state index contributed by atoms with van der Waals surface area (Å²) in [6.07, 6.45) is 1.97. The van der Waals surface area contributed by atoms with Gasteiger partial charge < -0.3 is 20.6 Å². The fourth-order valence-electron chi connectivity index (χ4n) is 2.49. The van der Waals surface area contributed by atoms with Crippen molar-refractivity contribution >= 4 is 17.5 Å². The average Bonchev–Trinajstić information content (AvgIpc) is 2.56. The van der Waals surface area contributed by atoms with Gasteiger partial charge in [0.25, 0.3) is 0 Å². The monoisotopic (exact) mass is 341 g/mol. The van der Waals surface area contributed by atoms with Gasteiger partial charge in [-0.25, -0.2) is 8.78 Å². The zero-order chi connectivity index (χ0) is 17.5. The number of hydrogen-bond donors (Lipinski definition) is 3. The maximum absolute atomic E-state index is 13.0. The second-order valence-corrected chi connectivity index (χ2v) is 5.77. The van der Waals surface area contributed by atoms with E-state index in [2.05, 4.69) is 15.5 Å². The van der Waals surface area contributed by atoms with Gasteiger partial charge in [0.1, 0.15) is 0 Å². The van der Waals surface area contributed by atoms with Crippen molar-refractivity contribution in [2.24, 2.45) is 0 Å². The standard InChI is InChI=1S/C16H21F2N3O3/c17-13-3-2-11(10-14(13)18)20-16(24)15(23)19-6-1-7-21-8-4-12(22)5-9-21/h2-3,10,12,22H,1,4-9H2,(H,19,23)(H,20,24). The number of nitrogens with zero attached hydrogens (tertiary/aromatic N) is 1. The summed E-state index contributed by atoms with van der Waals surface area (Å²) in [5, 5.41) is 14.1. The summed E-state index contributed by atoms with van der Waals surface area (Å²) in [6, 6.07) is 2.86. The number of benzene rings is 1. The minimum atomic E-state index is -1.10. The quantitative estimate of drug-likeness (QED) is 0.548. The second-order valence-electron chi connectivity index (χ2n) is 5.77. The lowest BCUT2D eigenvalue weighted by Crippen LogP contribution is -2.39. The first-order chi connectivity index (χ1) is 11.5. The molecule has 8 heteroatoms. The minimum absolute atomic E-state index is 0.0147. The Labute approximate surface area is 138 Å². The number of hydrogen-bond acceptors (Lipinski definition) is 4. The molecule has 2 amide bonds. The molecule has 1 saturated heterocycles. The van der Waals surface area contributed by atoms with Crippen molar-refractivity contribution in [3.05, 3.63) is 29.8 Å². The number of amides is 2. The molecular weight excluding hydrogens is 320 g/mol. The Bertz CT molecular complexity index is 590. The Morgan fingerprint density at radius 1 is 1.17 bits per heavy atom. The number of aliphatic hydroxyl groups excluding tert-OH is 1. The predicted molar refractivity (Wildman–Crippen MR) is 84.3 cm³/mol. The molecule has 2 rings (SSSR count). The predicted octanol–water partition coefficient (Wildman–Crippen LogP) is 0.866. The summed E-state index contributed by atoms with van der Waals surface area (Å²) in [5.74, 6) is -3.88. The highest BCUT2D eigenvalue weighted by atomic mass is 19.2. The SMILES string of the molecule is O=C(NCCCN1CCC(O)CC1)C(=O)Nc1ccc(F)c(F)c1. The first-order valence-corrected chi connectivity index (χ1v) is 7.90. The van der Waals surface area contributed by atoms with Gasteiger partial charge in [0, 0.05) is 31.4 Å². The number of carbonyl (C=O) groups excluding carboxylic acids is 2. The van der Waals surface area contributed by atoms with Gasteiger partial charge in [-0.3, -0.25) is 9.59 Å². The van der Waals surface area contributed by atoms with Crippen LogP contribution in [0.4, 0.5) is 14.5 Å². The normalized spacial score (nSPS) is 16.0. The Kier molecular flexibility index (Phi) is 6.62. The largest absolute Gasteiger partial charge is 0.393 e. The zero-order valence-electron chi connectivity index (χ0n) is 13.2. The van der Waals surface area contributed by atoms with Crippen LogP contribution in [-0.2, 0) is 9.59 Å². The number of carbonyl (C=O) groups is 2. The third-order valence-corrected chi connectivity index (χ3v) is 3.88. The number of rotatable bonds is 5. The molecule has 0 bridgehead atoms. The molecular formula is C16H21F2N3O3. The van der Waals surface area contributed by atoms with E-state index in [0.717, 1.165) is 44.6 Å². The molecule has 0 radical (unpaired) electrons. The van der Waals surface area contributed by atoms with E-state index in [1.54, 1.807) is 0 Å². The molecule has 1 aromatic rings. The number of nitrogens with one attached hydrogen (secondary N) is 2. The molecule has 1 heterocycles. The van der Waals surface area contributed by atoms with Crippen LogP contribution in [0.1, 0.15) is 19.3 Å². The van der Waals surface area contributed by atoms with Gasteiger partial charge in [-0.05, 0) is 37.9 Å². The van der Waals surface area contributed by atoms with E-state index in [-0.39, 0.29) is 11.8 Å². The molecule has 6 nitrogen and oxygen atoms in total. The van der Waals surface area contributed by atoms with Gasteiger partial charge >= 0.3 is 11.8 Å². The third-order valence-electron chi connectivity index (χ3n) is 3.88. The molecule has 1 aromatic carbocycles. The Balaban J connectivity index is 1.66. The number of piperidine rings is 1. The maximum Gasteiger partial charge on any atom is 0.313 e. The van der Waals surface area contributed by atoms with Gasteiger partial charge in [0.15, 0.2) is 11.6 Å². The highest BCUT2D eigenvalue weighted by Crippen LogP contribution is 2.13. The summed E-state index contributed by atoms with van der Waals surface area (Å²) in [7, 11) is 0. The van der Waals surface area contributed by atoms with Crippen LogP contribution in [0.25, 0.3) is 0 Å². The van der Waals surface area contributed by atoms with Crippen LogP contribution in [0.3, 0.4) is 0 Å². The number of anilines is 1. The fraction of sp³-hybridized carbons (Fsp3) is 0.500. The number of aliphatic hydroxyl groups is 1. The molecule has 0 saturated carbocycles. The van der Waals surface area contributed by atoms with E-state index in [4.69, 9.17) is 0 Å². The minimum Gasteiger partial charge on any atom is -0.393 e. The Morgan fingerprint density at radius 2 is 1.88 bits per heavy atom. The summed E-state index contributed by atoms with van der Waals surface area (Å²) in [5.41, 5.74) is 0.0147. The second kappa shape index (κ2) is 8.70. The van der Waals surface area contributed by atoms with Crippen LogP contribution >= 0.6 is 0 Å². The van der Waals surface area contributed by atoms with Crippen LogP contribution in [0.15, 0.2) is 18.2 Å². The molecule has 1 fully saturated rings.